The van der Waals surface area contributed by atoms with Crippen molar-refractivity contribution in [2.24, 2.45) is 0 Å². The van der Waals surface area contributed by atoms with Crippen molar-refractivity contribution in [3.8, 4) is 0 Å². The van der Waals surface area contributed by atoms with Gasteiger partial charge in [-0.3, -0.25) is 0 Å². The van der Waals surface area contributed by atoms with Crippen LogP contribution in [0.2, 0.25) is 0 Å². The lowest BCUT2D eigenvalue weighted by Crippen LogP contribution is -2.03. The van der Waals surface area contributed by atoms with Gasteiger partial charge in [-0.25, -0.2) is 4.68 Å². The van der Waals surface area contributed by atoms with Gasteiger partial charge in [-0.15, -0.1) is 6.58 Å². The number of hydrogen-bond acceptors (Lipinski definition) is 3. The molecular weight excluding hydrogens is 128 g/mol. The Labute approximate surface area is 59.1 Å². The fraction of sp³-hybridized carbons (Fsp3) is 0.167. The number of nitrogen functional groups attached to an aromatic ring is 2. The van der Waals surface area contributed by atoms with Gasteiger partial charge in [0.2, 0.25) is 0 Å². The van der Waals surface area contributed by atoms with E-state index in [1.54, 1.807) is 10.8 Å². The number of nitrogens with zero attached hydrogens (tertiary/aromatic N) is 2. The fourth-order valence-electron chi connectivity index (χ4n) is 0.677. The maximum atomic E-state index is 5.52. The van der Waals surface area contributed by atoms with Crippen LogP contribution in [0.3, 0.4) is 0 Å². The lowest BCUT2D eigenvalue weighted by atomic mass is 10.5. The summed E-state index contributed by atoms with van der Waals surface area (Å²) in [7, 11) is 0. The zero-order chi connectivity index (χ0) is 7.56. The average molecular weight is 138 g/mol. The van der Waals surface area contributed by atoms with Crippen LogP contribution in [0.1, 0.15) is 0 Å². The largest absolute Gasteiger partial charge is 0.394 e. The second-order valence-corrected chi connectivity index (χ2v) is 1.96. The predicted molar refractivity (Wildman–Crippen MR) is 41.2 cm³/mol. The summed E-state index contributed by atoms with van der Waals surface area (Å²) in [6.45, 7) is 4.15. The molecule has 1 aromatic heterocycles. The summed E-state index contributed by atoms with van der Waals surface area (Å²) in [5.74, 6) is 0.500. The third-order valence-corrected chi connectivity index (χ3v) is 1.21. The van der Waals surface area contributed by atoms with Gasteiger partial charge in [-0.1, -0.05) is 6.08 Å². The van der Waals surface area contributed by atoms with E-state index in [1.165, 1.54) is 6.20 Å². The summed E-state index contributed by atoms with van der Waals surface area (Å²) in [5.41, 5.74) is 11.5. The Morgan fingerprint density at radius 2 is 2.40 bits per heavy atom. The fourth-order valence-corrected chi connectivity index (χ4v) is 0.677. The Morgan fingerprint density at radius 3 is 2.80 bits per heavy atom. The molecule has 0 spiro atoms. The predicted octanol–water partition coefficient (Wildman–Crippen LogP) is 0.234. The van der Waals surface area contributed by atoms with E-state index < -0.39 is 0 Å². The molecule has 4 heteroatoms. The molecule has 10 heavy (non-hydrogen) atoms. The molecule has 0 radical (unpaired) electrons. The molecule has 0 aliphatic heterocycles. The summed E-state index contributed by atoms with van der Waals surface area (Å²) >= 11 is 0. The first-order valence-electron chi connectivity index (χ1n) is 2.93. The van der Waals surface area contributed by atoms with E-state index in [-0.39, 0.29) is 0 Å². The lowest BCUT2D eigenvalue weighted by Gasteiger charge is -1.97. The van der Waals surface area contributed by atoms with Gasteiger partial charge in [0, 0.05) is 0 Å². The van der Waals surface area contributed by atoms with E-state index in [1.807, 2.05) is 0 Å². The van der Waals surface area contributed by atoms with Crippen LogP contribution in [0.15, 0.2) is 18.9 Å². The SMILES string of the molecule is C=CCn1ncc(N)c1N. The van der Waals surface area contributed by atoms with Gasteiger partial charge in [0.1, 0.15) is 5.82 Å². The molecule has 0 saturated carbocycles. The maximum absolute atomic E-state index is 5.52. The highest BCUT2D eigenvalue weighted by Gasteiger charge is 1.99. The van der Waals surface area contributed by atoms with Gasteiger partial charge in [0.15, 0.2) is 0 Å². The second-order valence-electron chi connectivity index (χ2n) is 1.96. The Balaban J connectivity index is 2.93. The van der Waals surface area contributed by atoms with Crippen LogP contribution in [-0.2, 0) is 6.54 Å². The van der Waals surface area contributed by atoms with Gasteiger partial charge >= 0.3 is 0 Å². The smallest absolute Gasteiger partial charge is 0.145 e. The first-order chi connectivity index (χ1) is 4.75. The van der Waals surface area contributed by atoms with E-state index in [4.69, 9.17) is 11.5 Å². The molecule has 0 unspecified atom stereocenters. The van der Waals surface area contributed by atoms with Gasteiger partial charge in [-0.2, -0.15) is 5.10 Å². The van der Waals surface area contributed by atoms with Crippen LogP contribution >= 0.6 is 0 Å². The van der Waals surface area contributed by atoms with E-state index in [2.05, 4.69) is 11.7 Å². The molecule has 0 amide bonds. The Hall–Kier alpha value is -1.45. The van der Waals surface area contributed by atoms with Crippen molar-refractivity contribution in [3.63, 3.8) is 0 Å². The number of rotatable bonds is 2. The first-order valence-corrected chi connectivity index (χ1v) is 2.93. The molecule has 0 aliphatic rings. The number of allylic oxidation sites excluding steroid dienone is 1. The first kappa shape index (κ1) is 6.67. The number of aromatic nitrogens is 2. The maximum Gasteiger partial charge on any atom is 0.145 e. The molecule has 0 atom stereocenters. The van der Waals surface area contributed by atoms with Crippen molar-refractivity contribution in [3.05, 3.63) is 18.9 Å². The van der Waals surface area contributed by atoms with Crippen molar-refractivity contribution in [2.45, 2.75) is 6.54 Å². The monoisotopic (exact) mass is 138 g/mol. The normalized spacial score (nSPS) is 9.60. The molecule has 4 nitrogen and oxygen atoms in total. The third kappa shape index (κ3) is 0.953. The van der Waals surface area contributed by atoms with Crippen LogP contribution in [0.5, 0.6) is 0 Å². The van der Waals surface area contributed by atoms with Crippen LogP contribution in [0.25, 0.3) is 0 Å². The summed E-state index contributed by atoms with van der Waals surface area (Å²) in [4.78, 5) is 0. The lowest BCUT2D eigenvalue weighted by molar-refractivity contribution is 0.713. The molecule has 0 aliphatic carbocycles. The van der Waals surface area contributed by atoms with E-state index in [0.29, 0.717) is 18.1 Å². The van der Waals surface area contributed by atoms with Crippen molar-refractivity contribution in [1.82, 2.24) is 9.78 Å². The molecule has 1 aromatic rings. The molecular formula is C6H10N4. The van der Waals surface area contributed by atoms with Gasteiger partial charge in [-0.05, 0) is 0 Å². The Morgan fingerprint density at radius 1 is 1.70 bits per heavy atom. The molecule has 4 N–H and O–H groups in total. The van der Waals surface area contributed by atoms with Crippen molar-refractivity contribution < 1.29 is 0 Å². The van der Waals surface area contributed by atoms with Gasteiger partial charge in [0.25, 0.3) is 0 Å². The third-order valence-electron chi connectivity index (χ3n) is 1.21. The summed E-state index contributed by atoms with van der Waals surface area (Å²) in [5, 5.41) is 3.90. The minimum Gasteiger partial charge on any atom is -0.394 e. The molecule has 0 saturated heterocycles. The Kier molecular flexibility index (Phi) is 1.62. The van der Waals surface area contributed by atoms with Crippen LogP contribution in [0, 0.1) is 0 Å². The van der Waals surface area contributed by atoms with E-state index in [9.17, 15) is 0 Å². The van der Waals surface area contributed by atoms with Gasteiger partial charge < -0.3 is 11.5 Å². The molecule has 0 fully saturated rings. The number of hydrogen-bond donors (Lipinski definition) is 2. The number of anilines is 2. The van der Waals surface area contributed by atoms with E-state index in [0.717, 1.165) is 0 Å². The molecule has 0 aromatic carbocycles. The zero-order valence-electron chi connectivity index (χ0n) is 5.62. The minimum absolute atomic E-state index is 0.500. The van der Waals surface area contributed by atoms with Crippen molar-refractivity contribution >= 4 is 11.5 Å². The summed E-state index contributed by atoms with van der Waals surface area (Å²) in [6.07, 6.45) is 3.24. The zero-order valence-corrected chi connectivity index (χ0v) is 5.62. The van der Waals surface area contributed by atoms with E-state index >= 15 is 0 Å². The van der Waals surface area contributed by atoms with Crippen molar-refractivity contribution in [2.75, 3.05) is 11.5 Å². The topological polar surface area (TPSA) is 69.9 Å². The highest BCUT2D eigenvalue weighted by Crippen LogP contribution is 2.11. The highest BCUT2D eigenvalue weighted by molar-refractivity contribution is 5.57. The average Bonchev–Trinajstić information content (AvgIpc) is 2.20. The summed E-state index contributed by atoms with van der Waals surface area (Å²) in [6, 6.07) is 0. The van der Waals surface area contributed by atoms with Crippen LogP contribution in [0.4, 0.5) is 11.5 Å². The summed E-state index contributed by atoms with van der Waals surface area (Å²) < 4.78 is 1.59. The number of nitrogens with two attached hydrogens (primary N) is 2. The standard InChI is InChI=1S/C6H10N4/c1-2-3-10-6(8)5(7)4-9-10/h2,4H,1,3,7-8H2. The van der Waals surface area contributed by atoms with Crippen LogP contribution in [-0.4, -0.2) is 9.78 Å². The Bertz CT molecular complexity index is 238. The highest BCUT2D eigenvalue weighted by atomic mass is 15.3. The molecule has 1 rings (SSSR count). The van der Waals surface area contributed by atoms with Gasteiger partial charge in [0.05, 0.1) is 18.4 Å². The molecule has 1 heterocycles. The quantitative estimate of drug-likeness (QED) is 0.575. The molecule has 54 valence electrons. The second kappa shape index (κ2) is 2.43. The van der Waals surface area contributed by atoms with Crippen molar-refractivity contribution in [1.29, 1.82) is 0 Å². The minimum atomic E-state index is 0.500. The molecule has 0 bridgehead atoms. The van der Waals surface area contributed by atoms with Crippen LogP contribution < -0.4 is 11.5 Å².